The molecule has 0 radical (unpaired) electrons. The van der Waals surface area contributed by atoms with Crippen molar-refractivity contribution < 1.29 is 14.6 Å². The number of ether oxygens (including phenoxy) is 1. The van der Waals surface area contributed by atoms with E-state index in [-0.39, 0.29) is 11.9 Å². The molecule has 3 unspecified atom stereocenters. The van der Waals surface area contributed by atoms with Gasteiger partial charge in [0.15, 0.2) is 0 Å². The zero-order chi connectivity index (χ0) is 21.7. The van der Waals surface area contributed by atoms with E-state index in [0.717, 1.165) is 19.3 Å². The van der Waals surface area contributed by atoms with Crippen LogP contribution in [-0.4, -0.2) is 22.8 Å². The van der Waals surface area contributed by atoms with E-state index in [0.29, 0.717) is 29.7 Å². The van der Waals surface area contributed by atoms with Gasteiger partial charge in [0.2, 0.25) is 0 Å². The van der Waals surface area contributed by atoms with Gasteiger partial charge < -0.3 is 9.84 Å². The van der Waals surface area contributed by atoms with Crippen LogP contribution in [0.25, 0.3) is 0 Å². The SMILES string of the molecule is CCCCCCCCCCC[C@H](O)C1=C[C@@]2(CC3CC(C(C)C)C2C=C3C)OC1=O. The molecule has 30 heavy (non-hydrogen) atoms. The highest BCUT2D eigenvalue weighted by atomic mass is 16.6. The summed E-state index contributed by atoms with van der Waals surface area (Å²) in [6, 6.07) is 0. The van der Waals surface area contributed by atoms with Crippen LogP contribution in [0.4, 0.5) is 0 Å². The predicted octanol–water partition coefficient (Wildman–Crippen LogP) is 6.75. The van der Waals surface area contributed by atoms with E-state index in [1.807, 2.05) is 6.08 Å². The van der Waals surface area contributed by atoms with Crippen molar-refractivity contribution in [2.75, 3.05) is 0 Å². The highest BCUT2D eigenvalue weighted by molar-refractivity contribution is 5.92. The first kappa shape index (κ1) is 23.6. The van der Waals surface area contributed by atoms with Gasteiger partial charge in [-0.2, -0.15) is 0 Å². The second-order valence-electron chi connectivity index (χ2n) is 10.6. The molecule has 1 fully saturated rings. The Morgan fingerprint density at radius 1 is 1.10 bits per heavy atom. The highest BCUT2D eigenvalue weighted by Crippen LogP contribution is 2.56. The number of unbranched alkanes of at least 4 members (excludes halogenated alkanes) is 8. The van der Waals surface area contributed by atoms with Crippen LogP contribution in [0.2, 0.25) is 0 Å². The quantitative estimate of drug-likeness (QED) is 0.217. The van der Waals surface area contributed by atoms with Crippen molar-refractivity contribution in [1.82, 2.24) is 0 Å². The molecule has 3 aliphatic carbocycles. The number of aliphatic hydroxyl groups is 1. The summed E-state index contributed by atoms with van der Waals surface area (Å²) < 4.78 is 6.04. The molecule has 0 saturated heterocycles. The number of carbonyl (C=O) groups is 1. The normalized spacial score (nSPS) is 31.3. The molecular weight excluding hydrogens is 372 g/mol. The van der Waals surface area contributed by atoms with E-state index in [2.05, 4.69) is 33.8 Å². The lowest BCUT2D eigenvalue weighted by Gasteiger charge is -2.51. The first-order valence-electron chi connectivity index (χ1n) is 12.7. The second-order valence-corrected chi connectivity index (χ2v) is 10.6. The zero-order valence-corrected chi connectivity index (χ0v) is 19.8. The number of carbonyl (C=O) groups excluding carboxylic acids is 1. The zero-order valence-electron chi connectivity index (χ0n) is 19.8. The lowest BCUT2D eigenvalue weighted by molar-refractivity contribution is -0.158. The summed E-state index contributed by atoms with van der Waals surface area (Å²) in [4.78, 5) is 12.7. The van der Waals surface area contributed by atoms with Gasteiger partial charge >= 0.3 is 5.97 Å². The van der Waals surface area contributed by atoms with Crippen molar-refractivity contribution in [3.05, 3.63) is 23.3 Å². The summed E-state index contributed by atoms with van der Waals surface area (Å²) in [5, 5.41) is 10.7. The lowest BCUT2D eigenvalue weighted by Crippen LogP contribution is -2.51. The summed E-state index contributed by atoms with van der Waals surface area (Å²) >= 11 is 0. The standard InChI is InChI=1S/C27H44O3/c1-5-6-7-8-9-10-11-12-13-14-25(28)23-18-27(30-26(23)29)17-21-16-22(19(2)3)24(27)15-20(21)4/h15,18-19,21-22,24-25,28H,5-14,16-17H2,1-4H3/t21?,22?,24?,25-,27+/m0/s1. The van der Waals surface area contributed by atoms with Crippen LogP contribution in [0.1, 0.15) is 105 Å². The molecule has 1 spiro atoms. The van der Waals surface area contributed by atoms with Gasteiger partial charge in [0.25, 0.3) is 0 Å². The largest absolute Gasteiger partial charge is 0.451 e. The molecule has 170 valence electrons. The Kier molecular flexibility index (Phi) is 8.24. The minimum Gasteiger partial charge on any atom is -0.451 e. The lowest BCUT2D eigenvalue weighted by atomic mass is 9.56. The molecule has 0 aromatic rings. The van der Waals surface area contributed by atoms with Crippen molar-refractivity contribution in [2.45, 2.75) is 116 Å². The fourth-order valence-electron chi connectivity index (χ4n) is 6.04. The average molecular weight is 417 g/mol. The van der Waals surface area contributed by atoms with Gasteiger partial charge in [-0.25, -0.2) is 4.79 Å². The summed E-state index contributed by atoms with van der Waals surface area (Å²) in [6.45, 7) is 9.04. The summed E-state index contributed by atoms with van der Waals surface area (Å²) in [6.07, 6.45) is 17.8. The Labute approximate surface area is 184 Å². The maximum Gasteiger partial charge on any atom is 0.337 e. The van der Waals surface area contributed by atoms with Crippen LogP contribution >= 0.6 is 0 Å². The third kappa shape index (κ3) is 5.21. The summed E-state index contributed by atoms with van der Waals surface area (Å²) in [5.41, 5.74) is 1.47. The molecule has 0 aromatic carbocycles. The predicted molar refractivity (Wildman–Crippen MR) is 123 cm³/mol. The Hall–Kier alpha value is -1.09. The molecule has 5 atom stereocenters. The van der Waals surface area contributed by atoms with Crippen LogP contribution < -0.4 is 0 Å². The average Bonchev–Trinajstić information content (AvgIpc) is 3.03. The van der Waals surface area contributed by atoms with Gasteiger partial charge in [-0.1, -0.05) is 90.2 Å². The van der Waals surface area contributed by atoms with E-state index in [1.165, 1.54) is 56.9 Å². The van der Waals surface area contributed by atoms with Gasteiger partial charge in [0, 0.05) is 5.92 Å². The van der Waals surface area contributed by atoms with E-state index in [4.69, 9.17) is 4.74 Å². The number of hydrogen-bond donors (Lipinski definition) is 1. The molecule has 4 rings (SSSR count). The highest BCUT2D eigenvalue weighted by Gasteiger charge is 2.56. The molecule has 3 heteroatoms. The number of fused-ring (bicyclic) bond motifs is 1. The first-order chi connectivity index (χ1) is 14.4. The van der Waals surface area contributed by atoms with Crippen molar-refractivity contribution in [3.63, 3.8) is 0 Å². The molecule has 4 aliphatic rings. The maximum absolute atomic E-state index is 12.7. The van der Waals surface area contributed by atoms with Gasteiger partial charge in [-0.3, -0.25) is 0 Å². The van der Waals surface area contributed by atoms with Crippen molar-refractivity contribution >= 4 is 5.97 Å². The summed E-state index contributed by atoms with van der Waals surface area (Å²) in [7, 11) is 0. The van der Waals surface area contributed by atoms with Crippen molar-refractivity contribution in [3.8, 4) is 0 Å². The van der Waals surface area contributed by atoms with Gasteiger partial charge in [0.1, 0.15) is 5.60 Å². The third-order valence-electron chi connectivity index (χ3n) is 7.95. The Balaban J connectivity index is 1.51. The van der Waals surface area contributed by atoms with Crippen LogP contribution in [0.15, 0.2) is 23.3 Å². The smallest absolute Gasteiger partial charge is 0.337 e. The third-order valence-corrected chi connectivity index (χ3v) is 7.95. The Morgan fingerprint density at radius 2 is 1.73 bits per heavy atom. The van der Waals surface area contributed by atoms with Crippen LogP contribution in [-0.2, 0) is 9.53 Å². The second kappa shape index (κ2) is 10.5. The fourth-order valence-corrected chi connectivity index (χ4v) is 6.04. The summed E-state index contributed by atoms with van der Waals surface area (Å²) in [5.74, 6) is 1.59. The van der Waals surface area contributed by atoms with E-state index in [9.17, 15) is 9.90 Å². The number of allylic oxidation sites excluding steroid dienone is 1. The Bertz CT molecular complexity index is 646. The molecule has 2 bridgehead atoms. The molecule has 1 N–H and O–H groups in total. The van der Waals surface area contributed by atoms with Gasteiger partial charge in [0.05, 0.1) is 11.7 Å². The molecule has 1 saturated carbocycles. The molecule has 3 nitrogen and oxygen atoms in total. The maximum atomic E-state index is 12.7. The van der Waals surface area contributed by atoms with Gasteiger partial charge in [-0.15, -0.1) is 0 Å². The topological polar surface area (TPSA) is 46.5 Å². The Morgan fingerprint density at radius 3 is 2.33 bits per heavy atom. The minimum absolute atomic E-state index is 0.254. The number of rotatable bonds is 12. The van der Waals surface area contributed by atoms with E-state index in [1.54, 1.807) is 0 Å². The van der Waals surface area contributed by atoms with Crippen LogP contribution in [0, 0.1) is 23.7 Å². The minimum atomic E-state index is -0.676. The van der Waals surface area contributed by atoms with E-state index < -0.39 is 11.7 Å². The number of hydrogen-bond acceptors (Lipinski definition) is 3. The van der Waals surface area contributed by atoms with Gasteiger partial charge in [-0.05, 0) is 50.0 Å². The molecule has 1 heterocycles. The molecule has 1 aliphatic heterocycles. The fraction of sp³-hybridized carbons (Fsp3) is 0.815. The van der Waals surface area contributed by atoms with Crippen LogP contribution in [0.3, 0.4) is 0 Å². The van der Waals surface area contributed by atoms with E-state index >= 15 is 0 Å². The molecule has 0 amide bonds. The molecule has 0 aromatic heterocycles. The monoisotopic (exact) mass is 416 g/mol. The number of aliphatic hydroxyl groups excluding tert-OH is 1. The van der Waals surface area contributed by atoms with Crippen molar-refractivity contribution in [1.29, 1.82) is 0 Å². The van der Waals surface area contributed by atoms with Crippen molar-refractivity contribution in [2.24, 2.45) is 23.7 Å². The first-order valence-corrected chi connectivity index (χ1v) is 12.7. The van der Waals surface area contributed by atoms with Crippen LogP contribution in [0.5, 0.6) is 0 Å². The number of esters is 1. The molecular formula is C27H44O3.